The molecule has 1 aliphatic carbocycles. The lowest BCUT2D eigenvalue weighted by atomic mass is 9.98. The first-order chi connectivity index (χ1) is 19.2. The van der Waals surface area contributed by atoms with Crippen LogP contribution in [0.1, 0.15) is 42.9 Å². The first-order valence-corrected chi connectivity index (χ1v) is 13.1. The molecule has 0 radical (unpaired) electrons. The normalized spacial score (nSPS) is 13.5. The van der Waals surface area contributed by atoms with Gasteiger partial charge in [0, 0.05) is 5.92 Å². The van der Waals surface area contributed by atoms with Crippen LogP contribution in [-0.2, 0) is 30.5 Å². The molecule has 0 saturated carbocycles. The molecule has 2 amide bonds. The lowest BCUT2D eigenvalue weighted by Crippen LogP contribution is -2.54. The van der Waals surface area contributed by atoms with E-state index in [0.717, 1.165) is 27.8 Å². The van der Waals surface area contributed by atoms with Crippen molar-refractivity contribution >= 4 is 23.9 Å². The van der Waals surface area contributed by atoms with Crippen LogP contribution < -0.4 is 10.6 Å². The molecule has 0 spiro atoms. The Kier molecular flexibility index (Phi) is 9.16. The fourth-order valence-electron chi connectivity index (χ4n) is 4.72. The Balaban J connectivity index is 1.43. The molecule has 9 nitrogen and oxygen atoms in total. The molecule has 0 saturated heterocycles. The number of fused-ring (bicyclic) bond motifs is 3. The van der Waals surface area contributed by atoms with Crippen molar-refractivity contribution in [1.29, 1.82) is 0 Å². The van der Waals surface area contributed by atoms with Crippen LogP contribution in [0.2, 0.25) is 0 Å². The van der Waals surface area contributed by atoms with Crippen molar-refractivity contribution < 1.29 is 33.8 Å². The van der Waals surface area contributed by atoms with E-state index >= 15 is 0 Å². The maximum absolute atomic E-state index is 13.0. The molecule has 0 fully saturated rings. The van der Waals surface area contributed by atoms with Crippen molar-refractivity contribution in [3.8, 4) is 11.1 Å². The van der Waals surface area contributed by atoms with E-state index in [9.17, 15) is 24.3 Å². The van der Waals surface area contributed by atoms with Gasteiger partial charge in [-0.05, 0) is 33.7 Å². The summed E-state index contributed by atoms with van der Waals surface area (Å²) in [6.45, 7) is 3.28. The number of amides is 2. The highest BCUT2D eigenvalue weighted by atomic mass is 16.5. The van der Waals surface area contributed by atoms with Gasteiger partial charge in [-0.1, -0.05) is 92.7 Å². The number of carboxylic acids is 1. The summed E-state index contributed by atoms with van der Waals surface area (Å²) in [7, 11) is 0. The second-order valence-electron chi connectivity index (χ2n) is 9.94. The second-order valence-corrected chi connectivity index (χ2v) is 9.94. The number of carbonyl (C=O) groups is 4. The number of hydrogen-bond donors (Lipinski definition) is 3. The van der Waals surface area contributed by atoms with Crippen LogP contribution in [0.15, 0.2) is 78.9 Å². The van der Waals surface area contributed by atoms with E-state index < -0.39 is 48.4 Å². The lowest BCUT2D eigenvalue weighted by Gasteiger charge is -2.23. The minimum Gasteiger partial charge on any atom is -0.480 e. The first-order valence-electron chi connectivity index (χ1n) is 13.1. The molecule has 208 valence electrons. The molecular weight excluding hydrogens is 512 g/mol. The highest BCUT2D eigenvalue weighted by Crippen LogP contribution is 2.44. The predicted octanol–water partition coefficient (Wildman–Crippen LogP) is 4.25. The summed E-state index contributed by atoms with van der Waals surface area (Å²) in [5.41, 5.74) is 4.94. The number of carbonyl (C=O) groups excluding carboxylic acids is 3. The van der Waals surface area contributed by atoms with Crippen molar-refractivity contribution in [2.45, 2.75) is 44.9 Å². The number of nitrogens with one attached hydrogen (secondary N) is 2. The average Bonchev–Trinajstić information content (AvgIpc) is 3.27. The highest BCUT2D eigenvalue weighted by molar-refractivity contribution is 5.92. The van der Waals surface area contributed by atoms with Gasteiger partial charge < -0.3 is 25.2 Å². The van der Waals surface area contributed by atoms with Crippen LogP contribution in [-0.4, -0.2) is 47.7 Å². The summed E-state index contributed by atoms with van der Waals surface area (Å²) in [4.78, 5) is 50.1. The number of benzene rings is 3. The standard InChI is InChI=1S/C31H32N2O7/c1-19(2)28(30(36)37)33-29(35)26(16-27(34)39-17-20-10-4-3-5-11-20)32-31(38)40-18-25-23-14-8-6-12-21(23)22-13-7-9-15-24(22)25/h3-15,19,25-26,28H,16-18H2,1-2H3,(H,32,38)(H,33,35)(H,36,37)/t26-,28?/m0/s1. The van der Waals surface area contributed by atoms with Crippen molar-refractivity contribution in [3.63, 3.8) is 0 Å². The number of alkyl carbamates (subject to hydrolysis) is 1. The Morgan fingerprint density at radius 3 is 1.95 bits per heavy atom. The van der Waals surface area contributed by atoms with Crippen molar-refractivity contribution in [3.05, 3.63) is 95.6 Å². The van der Waals surface area contributed by atoms with Crippen LogP contribution in [0.5, 0.6) is 0 Å². The molecular formula is C31H32N2O7. The van der Waals surface area contributed by atoms with Crippen LogP contribution in [0.25, 0.3) is 11.1 Å². The number of ether oxygens (including phenoxy) is 2. The van der Waals surface area contributed by atoms with Gasteiger partial charge in [0.1, 0.15) is 25.3 Å². The Morgan fingerprint density at radius 1 is 0.800 bits per heavy atom. The Morgan fingerprint density at radius 2 is 1.38 bits per heavy atom. The van der Waals surface area contributed by atoms with Gasteiger partial charge in [0.15, 0.2) is 0 Å². The molecule has 4 rings (SSSR count). The molecule has 9 heteroatoms. The summed E-state index contributed by atoms with van der Waals surface area (Å²) in [5, 5.41) is 14.3. The second kappa shape index (κ2) is 12.9. The molecule has 1 aliphatic rings. The Labute approximate surface area is 232 Å². The maximum atomic E-state index is 13.0. The van der Waals surface area contributed by atoms with Gasteiger partial charge in [0.2, 0.25) is 5.91 Å². The summed E-state index contributed by atoms with van der Waals surface area (Å²) in [5.74, 6) is -3.42. The van der Waals surface area contributed by atoms with Gasteiger partial charge in [-0.15, -0.1) is 0 Å². The third kappa shape index (κ3) is 6.85. The van der Waals surface area contributed by atoms with E-state index in [0.29, 0.717) is 0 Å². The van der Waals surface area contributed by atoms with Crippen LogP contribution in [0.3, 0.4) is 0 Å². The zero-order valence-corrected chi connectivity index (χ0v) is 22.3. The third-order valence-corrected chi connectivity index (χ3v) is 6.80. The molecule has 40 heavy (non-hydrogen) atoms. The number of esters is 1. The molecule has 1 unspecified atom stereocenters. The molecule has 0 aliphatic heterocycles. The largest absolute Gasteiger partial charge is 0.480 e. The SMILES string of the molecule is CC(C)C(NC(=O)[C@H](CC(=O)OCc1ccccc1)NC(=O)OCC1c2ccccc2-c2ccccc21)C(=O)O. The van der Waals surface area contributed by atoms with Gasteiger partial charge >= 0.3 is 18.0 Å². The van der Waals surface area contributed by atoms with E-state index in [2.05, 4.69) is 10.6 Å². The summed E-state index contributed by atoms with van der Waals surface area (Å²) in [6, 6.07) is 22.1. The van der Waals surface area contributed by atoms with Gasteiger partial charge in [0.25, 0.3) is 0 Å². The summed E-state index contributed by atoms with van der Waals surface area (Å²) < 4.78 is 10.8. The maximum Gasteiger partial charge on any atom is 0.407 e. The minimum absolute atomic E-state index is 0.0103. The monoisotopic (exact) mass is 544 g/mol. The average molecular weight is 545 g/mol. The van der Waals surface area contributed by atoms with Crippen LogP contribution in [0, 0.1) is 5.92 Å². The molecule has 3 N–H and O–H groups in total. The van der Waals surface area contributed by atoms with E-state index in [1.54, 1.807) is 38.1 Å². The van der Waals surface area contributed by atoms with Gasteiger partial charge in [-0.25, -0.2) is 9.59 Å². The molecule has 2 atom stereocenters. The van der Waals surface area contributed by atoms with E-state index in [4.69, 9.17) is 9.47 Å². The summed E-state index contributed by atoms with van der Waals surface area (Å²) in [6.07, 6.45) is -1.41. The quantitative estimate of drug-likeness (QED) is 0.308. The Bertz CT molecular complexity index is 1330. The fraction of sp³-hybridized carbons (Fsp3) is 0.290. The fourth-order valence-corrected chi connectivity index (χ4v) is 4.72. The molecule has 3 aromatic carbocycles. The predicted molar refractivity (Wildman–Crippen MR) is 147 cm³/mol. The zero-order valence-electron chi connectivity index (χ0n) is 22.3. The number of hydrogen-bond acceptors (Lipinski definition) is 6. The lowest BCUT2D eigenvalue weighted by molar-refractivity contribution is -0.147. The minimum atomic E-state index is -1.40. The van der Waals surface area contributed by atoms with E-state index in [-0.39, 0.29) is 19.1 Å². The summed E-state index contributed by atoms with van der Waals surface area (Å²) >= 11 is 0. The van der Waals surface area contributed by atoms with Crippen LogP contribution >= 0.6 is 0 Å². The molecule has 3 aromatic rings. The van der Waals surface area contributed by atoms with Gasteiger partial charge in [-0.2, -0.15) is 0 Å². The number of carboxylic acid groups (broad SMARTS) is 1. The smallest absolute Gasteiger partial charge is 0.407 e. The first kappa shape index (κ1) is 28.4. The number of rotatable bonds is 11. The number of aliphatic carboxylic acids is 1. The molecule has 0 aromatic heterocycles. The highest BCUT2D eigenvalue weighted by Gasteiger charge is 2.32. The van der Waals surface area contributed by atoms with E-state index in [1.807, 2.05) is 54.6 Å². The van der Waals surface area contributed by atoms with E-state index in [1.165, 1.54) is 0 Å². The zero-order chi connectivity index (χ0) is 28.6. The Hall–Kier alpha value is -4.66. The molecule has 0 heterocycles. The third-order valence-electron chi connectivity index (χ3n) is 6.80. The van der Waals surface area contributed by atoms with Gasteiger partial charge in [0.05, 0.1) is 6.42 Å². The van der Waals surface area contributed by atoms with Crippen LogP contribution in [0.4, 0.5) is 4.79 Å². The topological polar surface area (TPSA) is 131 Å². The van der Waals surface area contributed by atoms with Crippen molar-refractivity contribution in [2.24, 2.45) is 5.92 Å². The van der Waals surface area contributed by atoms with Crippen molar-refractivity contribution in [2.75, 3.05) is 6.61 Å². The molecule has 0 bridgehead atoms. The van der Waals surface area contributed by atoms with Gasteiger partial charge in [-0.3, -0.25) is 9.59 Å². The van der Waals surface area contributed by atoms with Crippen molar-refractivity contribution in [1.82, 2.24) is 10.6 Å².